The minimum absolute atomic E-state index is 0.602. The second-order valence-electron chi connectivity index (χ2n) is 5.19. The first-order valence-electron chi connectivity index (χ1n) is 6.38. The second kappa shape index (κ2) is 4.69. The minimum atomic E-state index is 0.602. The zero-order valence-corrected chi connectivity index (χ0v) is 10.6. The molecule has 2 saturated carbocycles. The fraction of sp³-hybridized carbons (Fsp3) is 0.615. The van der Waals surface area contributed by atoms with Crippen molar-refractivity contribution in [3.05, 3.63) is 24.2 Å². The van der Waals surface area contributed by atoms with Crippen molar-refractivity contribution in [1.82, 2.24) is 10.6 Å². The molecule has 17 heavy (non-hydrogen) atoms. The molecule has 1 heterocycles. The zero-order valence-electron chi connectivity index (χ0n) is 9.82. The molecule has 4 heteroatoms. The van der Waals surface area contributed by atoms with Gasteiger partial charge >= 0.3 is 0 Å². The van der Waals surface area contributed by atoms with E-state index >= 15 is 0 Å². The highest BCUT2D eigenvalue weighted by atomic mass is 32.1. The van der Waals surface area contributed by atoms with Crippen LogP contribution in [0.4, 0.5) is 0 Å². The predicted octanol–water partition coefficient (Wildman–Crippen LogP) is 2.43. The zero-order chi connectivity index (χ0) is 11.7. The summed E-state index contributed by atoms with van der Waals surface area (Å²) in [6.07, 6.45) is 7.19. The van der Waals surface area contributed by atoms with E-state index in [-0.39, 0.29) is 0 Å². The Morgan fingerprint density at radius 3 is 3.00 bits per heavy atom. The minimum Gasteiger partial charge on any atom is -0.467 e. The number of hydrogen-bond donors (Lipinski definition) is 2. The molecule has 2 aliphatic carbocycles. The van der Waals surface area contributed by atoms with E-state index < -0.39 is 0 Å². The highest BCUT2D eigenvalue weighted by Crippen LogP contribution is 2.44. The number of nitrogens with one attached hydrogen (secondary N) is 2. The Balaban J connectivity index is 1.44. The lowest BCUT2D eigenvalue weighted by Crippen LogP contribution is -2.43. The molecule has 0 amide bonds. The second-order valence-corrected chi connectivity index (χ2v) is 5.60. The van der Waals surface area contributed by atoms with Crippen molar-refractivity contribution in [2.75, 3.05) is 0 Å². The molecule has 3 nitrogen and oxygen atoms in total. The van der Waals surface area contributed by atoms with Gasteiger partial charge in [-0.3, -0.25) is 0 Å². The Labute approximate surface area is 107 Å². The van der Waals surface area contributed by atoms with E-state index in [4.69, 9.17) is 16.6 Å². The van der Waals surface area contributed by atoms with Crippen LogP contribution in [0.25, 0.3) is 0 Å². The molecule has 92 valence electrons. The molecule has 1 aromatic rings. The lowest BCUT2D eigenvalue weighted by Gasteiger charge is -2.24. The molecular weight excluding hydrogens is 232 g/mol. The molecule has 0 spiro atoms. The van der Waals surface area contributed by atoms with Crippen LogP contribution in [0.5, 0.6) is 0 Å². The van der Waals surface area contributed by atoms with Gasteiger partial charge < -0.3 is 15.1 Å². The number of hydrogen-bond acceptors (Lipinski definition) is 2. The highest BCUT2D eigenvalue weighted by molar-refractivity contribution is 7.80. The maximum Gasteiger partial charge on any atom is 0.166 e. The first-order chi connectivity index (χ1) is 8.31. The van der Waals surface area contributed by atoms with Crippen LogP contribution in [0.1, 0.15) is 31.4 Å². The van der Waals surface area contributed by atoms with E-state index in [0.717, 1.165) is 22.7 Å². The summed E-state index contributed by atoms with van der Waals surface area (Å²) in [6, 6.07) is 4.45. The Morgan fingerprint density at radius 1 is 1.41 bits per heavy atom. The number of fused-ring (bicyclic) bond motifs is 2. The molecule has 2 bridgehead atoms. The fourth-order valence-corrected chi connectivity index (χ4v) is 3.45. The van der Waals surface area contributed by atoms with Gasteiger partial charge in [0.05, 0.1) is 12.8 Å². The molecule has 1 aromatic heterocycles. The highest BCUT2D eigenvalue weighted by Gasteiger charge is 2.39. The van der Waals surface area contributed by atoms with E-state index in [1.165, 1.54) is 25.7 Å². The Kier molecular flexibility index (Phi) is 3.05. The third-order valence-electron chi connectivity index (χ3n) is 4.06. The molecule has 0 unspecified atom stereocenters. The first kappa shape index (κ1) is 11.1. The van der Waals surface area contributed by atoms with Gasteiger partial charge in [0, 0.05) is 6.04 Å². The first-order valence-corrected chi connectivity index (χ1v) is 6.79. The van der Waals surface area contributed by atoms with Crippen molar-refractivity contribution in [3.63, 3.8) is 0 Å². The van der Waals surface area contributed by atoms with Gasteiger partial charge in [-0.15, -0.1) is 0 Å². The van der Waals surface area contributed by atoms with Crippen LogP contribution < -0.4 is 10.6 Å². The summed E-state index contributed by atoms with van der Waals surface area (Å²) < 4.78 is 5.25. The third kappa shape index (κ3) is 2.46. The molecule has 2 aliphatic rings. The van der Waals surface area contributed by atoms with Gasteiger partial charge in [0.1, 0.15) is 5.76 Å². The van der Waals surface area contributed by atoms with Crippen LogP contribution >= 0.6 is 12.2 Å². The van der Waals surface area contributed by atoms with Crippen molar-refractivity contribution in [3.8, 4) is 0 Å². The summed E-state index contributed by atoms with van der Waals surface area (Å²) in [5, 5.41) is 7.41. The van der Waals surface area contributed by atoms with Crippen molar-refractivity contribution < 1.29 is 4.42 Å². The third-order valence-corrected chi connectivity index (χ3v) is 4.32. The van der Waals surface area contributed by atoms with Gasteiger partial charge in [-0.25, -0.2) is 0 Å². The Hall–Kier alpha value is -1.03. The summed E-state index contributed by atoms with van der Waals surface area (Å²) in [7, 11) is 0. The Bertz CT molecular complexity index is 390. The Morgan fingerprint density at radius 2 is 2.35 bits per heavy atom. The number of rotatable bonds is 3. The lowest BCUT2D eigenvalue weighted by atomic mass is 9.96. The summed E-state index contributed by atoms with van der Waals surface area (Å²) in [6.45, 7) is 0.666. The van der Waals surface area contributed by atoms with Gasteiger partial charge in [0.2, 0.25) is 0 Å². The van der Waals surface area contributed by atoms with Gasteiger partial charge in [0.25, 0.3) is 0 Å². The molecule has 0 saturated heterocycles. The molecule has 3 atom stereocenters. The van der Waals surface area contributed by atoms with E-state index in [1.54, 1.807) is 6.26 Å². The topological polar surface area (TPSA) is 37.2 Å². The van der Waals surface area contributed by atoms with Crippen molar-refractivity contribution in [2.45, 2.75) is 38.3 Å². The smallest absolute Gasteiger partial charge is 0.166 e. The quantitative estimate of drug-likeness (QED) is 0.808. The summed E-state index contributed by atoms with van der Waals surface area (Å²) in [5.41, 5.74) is 0. The van der Waals surface area contributed by atoms with Gasteiger partial charge in [-0.1, -0.05) is 6.42 Å². The standard InChI is InChI=1S/C13H18N2OS/c17-13(14-8-11-2-1-5-16-11)15-12-7-9-3-4-10(12)6-9/h1-2,5,9-10,12H,3-4,6-8H2,(H2,14,15,17)/t9-,10+,12+/m0/s1. The van der Waals surface area contributed by atoms with E-state index in [0.29, 0.717) is 12.6 Å². The molecule has 0 aliphatic heterocycles. The molecule has 2 N–H and O–H groups in total. The molecular formula is C13H18N2OS. The van der Waals surface area contributed by atoms with Crippen LogP contribution in [-0.2, 0) is 6.54 Å². The molecule has 2 fully saturated rings. The average molecular weight is 250 g/mol. The summed E-state index contributed by atoms with van der Waals surface area (Å²) in [5.74, 6) is 2.72. The predicted molar refractivity (Wildman–Crippen MR) is 70.5 cm³/mol. The van der Waals surface area contributed by atoms with Crippen LogP contribution in [0, 0.1) is 11.8 Å². The van der Waals surface area contributed by atoms with E-state index in [9.17, 15) is 0 Å². The monoisotopic (exact) mass is 250 g/mol. The molecule has 0 radical (unpaired) electrons. The van der Waals surface area contributed by atoms with Crippen molar-refractivity contribution >= 4 is 17.3 Å². The van der Waals surface area contributed by atoms with Gasteiger partial charge in [-0.2, -0.15) is 0 Å². The van der Waals surface area contributed by atoms with E-state index in [1.807, 2.05) is 12.1 Å². The van der Waals surface area contributed by atoms with E-state index in [2.05, 4.69) is 10.6 Å². The summed E-state index contributed by atoms with van der Waals surface area (Å²) in [4.78, 5) is 0. The fourth-order valence-electron chi connectivity index (χ4n) is 3.22. The van der Waals surface area contributed by atoms with Crippen LogP contribution in [-0.4, -0.2) is 11.2 Å². The largest absolute Gasteiger partial charge is 0.467 e. The summed E-state index contributed by atoms with van der Waals surface area (Å²) >= 11 is 5.32. The van der Waals surface area contributed by atoms with Crippen molar-refractivity contribution in [2.24, 2.45) is 11.8 Å². The SMILES string of the molecule is S=C(NCc1ccco1)N[C@@H]1C[C@H]2CC[C@@H]1C2. The maximum absolute atomic E-state index is 5.32. The van der Waals surface area contributed by atoms with Gasteiger partial charge in [-0.05, 0) is 55.4 Å². The van der Waals surface area contributed by atoms with Crippen molar-refractivity contribution in [1.29, 1.82) is 0 Å². The normalized spacial score (nSPS) is 30.5. The van der Waals surface area contributed by atoms with Gasteiger partial charge in [0.15, 0.2) is 5.11 Å². The maximum atomic E-state index is 5.32. The number of thiocarbonyl (C=S) groups is 1. The van der Waals surface area contributed by atoms with Crippen LogP contribution in [0.3, 0.4) is 0 Å². The van der Waals surface area contributed by atoms with Crippen LogP contribution in [0.2, 0.25) is 0 Å². The molecule has 0 aromatic carbocycles. The number of furan rings is 1. The van der Waals surface area contributed by atoms with Crippen LogP contribution in [0.15, 0.2) is 22.8 Å². The average Bonchev–Trinajstić information content (AvgIpc) is 3.03. The lowest BCUT2D eigenvalue weighted by molar-refractivity contribution is 0.388. The molecule has 3 rings (SSSR count).